The molecule has 1 heterocycles. The van der Waals surface area contributed by atoms with E-state index in [9.17, 15) is 18.0 Å². The number of ether oxygens (including phenoxy) is 1. The van der Waals surface area contributed by atoms with Crippen LogP contribution in [0.25, 0.3) is 0 Å². The molecule has 1 N–H and O–H groups in total. The SMILES string of the molecule is Cc1cc(C(C)NC(=O)OCC(F)(F)F)c(C)o1. The van der Waals surface area contributed by atoms with E-state index in [0.717, 1.165) is 0 Å². The summed E-state index contributed by atoms with van der Waals surface area (Å²) in [6.07, 6.45) is -5.64. The van der Waals surface area contributed by atoms with E-state index in [-0.39, 0.29) is 0 Å². The third-order valence-electron chi connectivity index (χ3n) is 2.25. The van der Waals surface area contributed by atoms with Crippen molar-refractivity contribution in [1.82, 2.24) is 5.32 Å². The Hall–Kier alpha value is -1.66. The molecule has 0 saturated heterocycles. The van der Waals surface area contributed by atoms with Crippen LogP contribution in [0, 0.1) is 13.8 Å². The van der Waals surface area contributed by atoms with Gasteiger partial charge in [-0.2, -0.15) is 13.2 Å². The van der Waals surface area contributed by atoms with Crippen molar-refractivity contribution >= 4 is 6.09 Å². The Labute approximate surface area is 102 Å². The zero-order valence-electron chi connectivity index (χ0n) is 10.2. The van der Waals surface area contributed by atoms with Crippen molar-refractivity contribution in [2.45, 2.75) is 33.0 Å². The number of alkyl carbamates (subject to hydrolysis) is 1. The highest BCUT2D eigenvalue weighted by Gasteiger charge is 2.30. The Bertz CT molecular complexity index is 426. The van der Waals surface area contributed by atoms with Gasteiger partial charge in [-0.1, -0.05) is 0 Å². The van der Waals surface area contributed by atoms with Gasteiger partial charge >= 0.3 is 12.3 Å². The van der Waals surface area contributed by atoms with Gasteiger partial charge in [0.05, 0.1) is 6.04 Å². The van der Waals surface area contributed by atoms with Gasteiger partial charge in [0.25, 0.3) is 0 Å². The quantitative estimate of drug-likeness (QED) is 0.912. The molecule has 0 spiro atoms. The van der Waals surface area contributed by atoms with Gasteiger partial charge < -0.3 is 14.5 Å². The smallest absolute Gasteiger partial charge is 0.422 e. The van der Waals surface area contributed by atoms with Crippen molar-refractivity contribution in [2.75, 3.05) is 6.61 Å². The number of nitrogens with one attached hydrogen (secondary N) is 1. The zero-order valence-corrected chi connectivity index (χ0v) is 10.2. The maximum absolute atomic E-state index is 11.8. The lowest BCUT2D eigenvalue weighted by molar-refractivity contribution is -0.160. The minimum atomic E-state index is -4.53. The first-order valence-corrected chi connectivity index (χ1v) is 5.26. The molecular weight excluding hydrogens is 251 g/mol. The number of hydrogen-bond acceptors (Lipinski definition) is 3. The van der Waals surface area contributed by atoms with E-state index < -0.39 is 24.9 Å². The lowest BCUT2D eigenvalue weighted by Crippen LogP contribution is -2.31. The van der Waals surface area contributed by atoms with E-state index in [1.165, 1.54) is 0 Å². The van der Waals surface area contributed by atoms with Gasteiger partial charge in [0.2, 0.25) is 0 Å². The third kappa shape index (κ3) is 4.31. The van der Waals surface area contributed by atoms with Gasteiger partial charge in [-0.3, -0.25) is 0 Å². The molecule has 0 saturated carbocycles. The molecule has 0 radical (unpaired) electrons. The highest BCUT2D eigenvalue weighted by molar-refractivity contribution is 5.67. The lowest BCUT2D eigenvalue weighted by Gasteiger charge is -2.14. The molecule has 102 valence electrons. The largest absolute Gasteiger partial charge is 0.466 e. The van der Waals surface area contributed by atoms with Crippen molar-refractivity contribution in [1.29, 1.82) is 0 Å². The number of alkyl halides is 3. The second kappa shape index (κ2) is 5.32. The average Bonchev–Trinajstić information content (AvgIpc) is 2.54. The Morgan fingerprint density at radius 3 is 2.56 bits per heavy atom. The standard InChI is InChI=1S/C11H14F3NO3/c1-6-4-9(8(3)18-6)7(2)15-10(16)17-5-11(12,13)14/h4,7H,5H2,1-3H3,(H,15,16). The van der Waals surface area contributed by atoms with E-state index >= 15 is 0 Å². The summed E-state index contributed by atoms with van der Waals surface area (Å²) >= 11 is 0. The molecule has 7 heteroatoms. The van der Waals surface area contributed by atoms with Crippen LogP contribution in [-0.2, 0) is 4.74 Å². The molecule has 1 amide bonds. The first-order valence-electron chi connectivity index (χ1n) is 5.26. The molecular formula is C11H14F3NO3. The summed E-state index contributed by atoms with van der Waals surface area (Å²) in [5, 5.41) is 2.30. The number of carbonyl (C=O) groups is 1. The number of aryl methyl sites for hydroxylation is 2. The van der Waals surface area contributed by atoms with E-state index in [2.05, 4.69) is 10.1 Å². The van der Waals surface area contributed by atoms with Crippen LogP contribution >= 0.6 is 0 Å². The molecule has 1 atom stereocenters. The van der Waals surface area contributed by atoms with Crippen LogP contribution in [0.15, 0.2) is 10.5 Å². The first-order chi connectivity index (χ1) is 8.19. The van der Waals surface area contributed by atoms with Gasteiger partial charge in [-0.05, 0) is 26.8 Å². The summed E-state index contributed by atoms with van der Waals surface area (Å²) in [5.74, 6) is 1.27. The minimum absolute atomic E-state index is 0.483. The van der Waals surface area contributed by atoms with Crippen molar-refractivity contribution in [3.8, 4) is 0 Å². The summed E-state index contributed by atoms with van der Waals surface area (Å²) in [4.78, 5) is 11.1. The van der Waals surface area contributed by atoms with E-state index in [1.54, 1.807) is 26.8 Å². The molecule has 1 rings (SSSR count). The number of hydrogen-bond donors (Lipinski definition) is 1. The summed E-state index contributed by atoms with van der Waals surface area (Å²) in [6.45, 7) is 3.48. The highest BCUT2D eigenvalue weighted by Crippen LogP contribution is 2.21. The molecule has 0 aliphatic heterocycles. The molecule has 18 heavy (non-hydrogen) atoms. The molecule has 0 aliphatic rings. The number of halogens is 3. The van der Waals surface area contributed by atoms with Crippen LogP contribution in [0.2, 0.25) is 0 Å². The Kier molecular flexibility index (Phi) is 4.26. The molecule has 1 unspecified atom stereocenters. The number of rotatable bonds is 3. The molecule has 0 bridgehead atoms. The Morgan fingerprint density at radius 1 is 1.50 bits per heavy atom. The normalized spacial score (nSPS) is 13.2. The predicted octanol–water partition coefficient (Wildman–Crippen LogP) is 3.25. The summed E-state index contributed by atoms with van der Waals surface area (Å²) in [5.41, 5.74) is 0.705. The Morgan fingerprint density at radius 2 is 2.11 bits per heavy atom. The van der Waals surface area contributed by atoms with E-state index in [1.807, 2.05) is 0 Å². The Balaban J connectivity index is 2.52. The maximum Gasteiger partial charge on any atom is 0.422 e. The van der Waals surface area contributed by atoms with Crippen LogP contribution in [0.1, 0.15) is 30.0 Å². The molecule has 0 aromatic carbocycles. The maximum atomic E-state index is 11.8. The van der Waals surface area contributed by atoms with Gasteiger partial charge in [-0.25, -0.2) is 4.79 Å². The summed E-state index contributed by atoms with van der Waals surface area (Å²) < 4.78 is 44.8. The van der Waals surface area contributed by atoms with Crippen molar-refractivity contribution in [3.05, 3.63) is 23.2 Å². The highest BCUT2D eigenvalue weighted by atomic mass is 19.4. The van der Waals surface area contributed by atoms with Gasteiger partial charge in [0.1, 0.15) is 11.5 Å². The van der Waals surface area contributed by atoms with E-state index in [4.69, 9.17) is 4.42 Å². The fourth-order valence-corrected chi connectivity index (χ4v) is 1.52. The molecule has 4 nitrogen and oxygen atoms in total. The van der Waals surface area contributed by atoms with Crippen LogP contribution < -0.4 is 5.32 Å². The van der Waals surface area contributed by atoms with Crippen molar-refractivity contribution in [3.63, 3.8) is 0 Å². The number of carbonyl (C=O) groups excluding carboxylic acids is 1. The van der Waals surface area contributed by atoms with Crippen molar-refractivity contribution < 1.29 is 27.1 Å². The monoisotopic (exact) mass is 265 g/mol. The average molecular weight is 265 g/mol. The van der Waals surface area contributed by atoms with Crippen molar-refractivity contribution in [2.24, 2.45) is 0 Å². The van der Waals surface area contributed by atoms with Crippen LogP contribution in [0.5, 0.6) is 0 Å². The molecule has 1 aromatic heterocycles. The number of furan rings is 1. The fourth-order valence-electron chi connectivity index (χ4n) is 1.52. The van der Waals surface area contributed by atoms with Crippen LogP contribution in [0.4, 0.5) is 18.0 Å². The van der Waals surface area contributed by atoms with Crippen LogP contribution in [0.3, 0.4) is 0 Å². The van der Waals surface area contributed by atoms with E-state index in [0.29, 0.717) is 17.1 Å². The predicted molar refractivity (Wildman–Crippen MR) is 57.1 cm³/mol. The first kappa shape index (κ1) is 14.4. The summed E-state index contributed by atoms with van der Waals surface area (Å²) in [6, 6.07) is 1.23. The zero-order chi connectivity index (χ0) is 13.9. The topological polar surface area (TPSA) is 51.5 Å². The second-order valence-electron chi connectivity index (χ2n) is 3.93. The molecule has 0 fully saturated rings. The third-order valence-corrected chi connectivity index (χ3v) is 2.25. The fraction of sp³-hybridized carbons (Fsp3) is 0.545. The summed E-state index contributed by atoms with van der Waals surface area (Å²) in [7, 11) is 0. The lowest BCUT2D eigenvalue weighted by atomic mass is 10.1. The van der Waals surface area contributed by atoms with Crippen LogP contribution in [-0.4, -0.2) is 18.9 Å². The van der Waals surface area contributed by atoms with Gasteiger partial charge in [-0.15, -0.1) is 0 Å². The molecule has 1 aromatic rings. The molecule has 0 aliphatic carbocycles. The number of amides is 1. The van der Waals surface area contributed by atoms with Gasteiger partial charge in [0.15, 0.2) is 6.61 Å². The second-order valence-corrected chi connectivity index (χ2v) is 3.93. The minimum Gasteiger partial charge on any atom is -0.466 e. The van der Waals surface area contributed by atoms with Gasteiger partial charge in [0, 0.05) is 5.56 Å².